The smallest absolute Gasteiger partial charge is 0.153 e. The molecule has 0 aliphatic rings. The molecule has 0 fully saturated rings. The van der Waals surface area contributed by atoms with Gasteiger partial charge in [-0.2, -0.15) is 5.10 Å². The van der Waals surface area contributed by atoms with Crippen molar-refractivity contribution in [3.8, 4) is 0 Å². The summed E-state index contributed by atoms with van der Waals surface area (Å²) in [6.07, 6.45) is 3.96. The Labute approximate surface area is 126 Å². The molecule has 2 aromatic heterocycles. The third kappa shape index (κ3) is 3.40. The maximum atomic E-state index is 13.2. The number of halogens is 1. The molecule has 3 rings (SSSR count). The number of aliphatic hydroxyl groups is 1. The lowest BCUT2D eigenvalue weighted by molar-refractivity contribution is 0.158. The van der Waals surface area contributed by atoms with Gasteiger partial charge in [0.1, 0.15) is 24.0 Å². The molecule has 0 aliphatic carbocycles. The van der Waals surface area contributed by atoms with E-state index in [9.17, 15) is 9.50 Å². The zero-order chi connectivity index (χ0) is 15.4. The van der Waals surface area contributed by atoms with Crippen LogP contribution in [0.3, 0.4) is 0 Å². The molecule has 1 unspecified atom stereocenters. The number of benzene rings is 1. The predicted octanol–water partition coefficient (Wildman–Crippen LogP) is 2.79. The number of aromatic nitrogens is 3. The first-order valence-corrected chi connectivity index (χ1v) is 7.05. The van der Waals surface area contributed by atoms with E-state index in [4.69, 9.17) is 4.42 Å². The Hall–Kier alpha value is -2.47. The molecule has 1 atom stereocenters. The number of aromatic amines is 1. The van der Waals surface area contributed by atoms with Crippen LogP contribution in [0.25, 0.3) is 0 Å². The molecule has 6 heteroatoms. The quantitative estimate of drug-likeness (QED) is 0.734. The van der Waals surface area contributed by atoms with Crippen LogP contribution in [0.2, 0.25) is 0 Å². The second-order valence-electron chi connectivity index (χ2n) is 5.10. The van der Waals surface area contributed by atoms with E-state index in [2.05, 4.69) is 15.2 Å². The van der Waals surface area contributed by atoms with Crippen LogP contribution in [0.1, 0.15) is 35.2 Å². The molecule has 0 bridgehead atoms. The Bertz CT molecular complexity index is 725. The fraction of sp³-hybridized carbons (Fsp3) is 0.250. The zero-order valence-corrected chi connectivity index (χ0v) is 11.9. The van der Waals surface area contributed by atoms with Crippen molar-refractivity contribution in [1.29, 1.82) is 0 Å². The molecule has 2 heterocycles. The highest BCUT2D eigenvalue weighted by Crippen LogP contribution is 2.21. The third-order valence-corrected chi connectivity index (χ3v) is 3.53. The summed E-state index contributed by atoms with van der Waals surface area (Å²) in [4.78, 5) is 3.93. The number of nitrogens with one attached hydrogen (secondary N) is 1. The highest BCUT2D eigenvalue weighted by molar-refractivity contribution is 5.26. The van der Waals surface area contributed by atoms with Gasteiger partial charge in [0.05, 0.1) is 6.26 Å². The Morgan fingerprint density at radius 2 is 2.23 bits per heavy atom. The molecule has 0 amide bonds. The first-order valence-electron chi connectivity index (χ1n) is 7.05. The molecule has 22 heavy (non-hydrogen) atoms. The van der Waals surface area contributed by atoms with Crippen molar-refractivity contribution < 1.29 is 13.9 Å². The number of nitrogens with zero attached hydrogens (tertiary/aromatic N) is 2. The van der Waals surface area contributed by atoms with Gasteiger partial charge in [0, 0.05) is 6.42 Å². The average Bonchev–Trinajstić information content (AvgIpc) is 3.16. The number of aryl methyl sites for hydroxylation is 1. The van der Waals surface area contributed by atoms with E-state index in [1.54, 1.807) is 12.3 Å². The molecular formula is C16H16FN3O2. The van der Waals surface area contributed by atoms with E-state index in [1.165, 1.54) is 18.5 Å². The lowest BCUT2D eigenvalue weighted by Crippen LogP contribution is -2.03. The van der Waals surface area contributed by atoms with E-state index in [0.717, 1.165) is 16.9 Å². The molecule has 114 valence electrons. The van der Waals surface area contributed by atoms with Gasteiger partial charge in [-0.1, -0.05) is 12.1 Å². The van der Waals surface area contributed by atoms with Gasteiger partial charge in [-0.25, -0.2) is 9.37 Å². The molecule has 2 N–H and O–H groups in total. The van der Waals surface area contributed by atoms with Crippen LogP contribution in [0.4, 0.5) is 4.39 Å². The number of aliphatic hydroxyl groups excluding tert-OH is 1. The summed E-state index contributed by atoms with van der Waals surface area (Å²) in [5.41, 5.74) is 1.86. The minimum atomic E-state index is -0.695. The van der Waals surface area contributed by atoms with Crippen molar-refractivity contribution in [2.24, 2.45) is 0 Å². The minimum absolute atomic E-state index is 0.258. The first-order chi connectivity index (χ1) is 10.7. The predicted molar refractivity (Wildman–Crippen MR) is 77.6 cm³/mol. The van der Waals surface area contributed by atoms with Crippen molar-refractivity contribution >= 4 is 0 Å². The van der Waals surface area contributed by atoms with Gasteiger partial charge in [0.2, 0.25) is 0 Å². The standard InChI is InChI=1S/C16H16FN3O2/c17-13-3-1-2-11(8-13)9-15-12(6-7-22-15)4-5-14(21)16-18-10-19-20-16/h1-3,6-8,10,14,21H,4-5,9H2,(H,18,19,20). The van der Waals surface area contributed by atoms with Gasteiger partial charge in [-0.3, -0.25) is 5.10 Å². The zero-order valence-electron chi connectivity index (χ0n) is 11.9. The van der Waals surface area contributed by atoms with Gasteiger partial charge < -0.3 is 9.52 Å². The lowest BCUT2D eigenvalue weighted by Gasteiger charge is -2.07. The van der Waals surface area contributed by atoms with E-state index < -0.39 is 6.10 Å². The summed E-state index contributed by atoms with van der Waals surface area (Å²) in [6, 6.07) is 8.33. The number of rotatable bonds is 6. The Kier molecular flexibility index (Phi) is 4.29. The van der Waals surface area contributed by atoms with Gasteiger partial charge in [0.25, 0.3) is 0 Å². The van der Waals surface area contributed by atoms with Gasteiger partial charge >= 0.3 is 0 Å². The van der Waals surface area contributed by atoms with Crippen molar-refractivity contribution in [3.63, 3.8) is 0 Å². The lowest BCUT2D eigenvalue weighted by atomic mass is 10.0. The summed E-state index contributed by atoms with van der Waals surface area (Å²) in [5, 5.41) is 16.4. The fourth-order valence-corrected chi connectivity index (χ4v) is 2.38. The normalized spacial score (nSPS) is 12.5. The third-order valence-electron chi connectivity index (χ3n) is 3.53. The highest BCUT2D eigenvalue weighted by atomic mass is 19.1. The SMILES string of the molecule is OC(CCc1ccoc1Cc1cccc(F)c1)c1ncn[nH]1. The molecule has 3 aromatic rings. The van der Waals surface area contributed by atoms with Crippen LogP contribution in [-0.2, 0) is 12.8 Å². The maximum Gasteiger partial charge on any atom is 0.153 e. The van der Waals surface area contributed by atoms with Crippen LogP contribution in [-0.4, -0.2) is 20.3 Å². The van der Waals surface area contributed by atoms with Crippen LogP contribution >= 0.6 is 0 Å². The molecule has 0 aliphatic heterocycles. The van der Waals surface area contributed by atoms with Crippen molar-refractivity contribution in [2.45, 2.75) is 25.4 Å². The summed E-state index contributed by atoms with van der Waals surface area (Å²) < 4.78 is 18.7. The Morgan fingerprint density at radius 1 is 1.32 bits per heavy atom. The van der Waals surface area contributed by atoms with Gasteiger partial charge in [-0.15, -0.1) is 0 Å². The van der Waals surface area contributed by atoms with Crippen molar-refractivity contribution in [2.75, 3.05) is 0 Å². The molecule has 0 saturated carbocycles. The van der Waals surface area contributed by atoms with Crippen LogP contribution in [0.15, 0.2) is 47.3 Å². The maximum absolute atomic E-state index is 13.2. The molecular weight excluding hydrogens is 285 g/mol. The fourth-order valence-electron chi connectivity index (χ4n) is 2.38. The molecule has 0 spiro atoms. The monoisotopic (exact) mass is 301 g/mol. The Balaban J connectivity index is 1.65. The first kappa shape index (κ1) is 14.5. The van der Waals surface area contributed by atoms with Crippen LogP contribution in [0.5, 0.6) is 0 Å². The number of hydrogen-bond acceptors (Lipinski definition) is 4. The number of furan rings is 1. The molecule has 0 saturated heterocycles. The van der Waals surface area contributed by atoms with E-state index in [-0.39, 0.29) is 5.82 Å². The van der Waals surface area contributed by atoms with E-state index in [0.29, 0.717) is 25.1 Å². The number of hydrogen-bond donors (Lipinski definition) is 2. The summed E-state index contributed by atoms with van der Waals surface area (Å²) in [5.74, 6) is 0.983. The van der Waals surface area contributed by atoms with Crippen molar-refractivity contribution in [3.05, 3.63) is 71.5 Å². The van der Waals surface area contributed by atoms with E-state index in [1.807, 2.05) is 12.1 Å². The molecule has 0 radical (unpaired) electrons. The van der Waals surface area contributed by atoms with Crippen molar-refractivity contribution in [1.82, 2.24) is 15.2 Å². The van der Waals surface area contributed by atoms with E-state index >= 15 is 0 Å². The second-order valence-corrected chi connectivity index (χ2v) is 5.10. The number of H-pyrrole nitrogens is 1. The minimum Gasteiger partial charge on any atom is -0.469 e. The van der Waals surface area contributed by atoms with Crippen LogP contribution < -0.4 is 0 Å². The average molecular weight is 301 g/mol. The Morgan fingerprint density at radius 3 is 3.00 bits per heavy atom. The van der Waals surface area contributed by atoms with Gasteiger partial charge in [0.15, 0.2) is 5.82 Å². The largest absolute Gasteiger partial charge is 0.469 e. The summed E-state index contributed by atoms with van der Waals surface area (Å²) in [6.45, 7) is 0. The summed E-state index contributed by atoms with van der Waals surface area (Å²) >= 11 is 0. The molecule has 1 aromatic carbocycles. The molecule has 5 nitrogen and oxygen atoms in total. The van der Waals surface area contributed by atoms with Gasteiger partial charge in [-0.05, 0) is 42.2 Å². The summed E-state index contributed by atoms with van der Waals surface area (Å²) in [7, 11) is 0. The topological polar surface area (TPSA) is 74.9 Å². The second kappa shape index (κ2) is 6.53. The van der Waals surface area contributed by atoms with Crippen LogP contribution in [0, 0.1) is 5.82 Å². The highest BCUT2D eigenvalue weighted by Gasteiger charge is 2.14.